The highest BCUT2D eigenvalue weighted by Gasteiger charge is 2.18. The predicted octanol–water partition coefficient (Wildman–Crippen LogP) is 4.33. The third-order valence-electron chi connectivity index (χ3n) is 4.12. The first kappa shape index (κ1) is 16.0. The van der Waals surface area contributed by atoms with Crippen molar-refractivity contribution in [1.29, 1.82) is 0 Å². The maximum Gasteiger partial charge on any atom is 0.00617 e. The van der Waals surface area contributed by atoms with E-state index in [1.54, 1.807) is 0 Å². The third-order valence-corrected chi connectivity index (χ3v) is 4.12. The summed E-state index contributed by atoms with van der Waals surface area (Å²) in [5.41, 5.74) is 0. The lowest BCUT2D eigenvalue weighted by atomic mass is 9.81. The number of hydrogen-bond acceptors (Lipinski definition) is 1. The summed E-state index contributed by atoms with van der Waals surface area (Å²) in [6, 6.07) is 0.645. The van der Waals surface area contributed by atoms with Crippen LogP contribution < -0.4 is 5.32 Å². The lowest BCUT2D eigenvalue weighted by Gasteiger charge is -2.27. The van der Waals surface area contributed by atoms with Gasteiger partial charge in [0.2, 0.25) is 0 Å². The fraction of sp³-hybridized carbons (Fsp3) is 1.00. The summed E-state index contributed by atoms with van der Waals surface area (Å²) in [7, 11) is 0. The summed E-state index contributed by atoms with van der Waals surface area (Å²) in [5, 5.41) is 3.63. The number of nitrogens with one attached hydrogen (secondary N) is 1. The van der Waals surface area contributed by atoms with E-state index in [1.807, 2.05) is 0 Å². The zero-order valence-corrected chi connectivity index (χ0v) is 12.5. The largest absolute Gasteiger partial charge is 0.314 e. The highest BCUT2D eigenvalue weighted by molar-refractivity contribution is 4.71. The second-order valence-electron chi connectivity index (χ2n) is 6.07. The van der Waals surface area contributed by atoms with Gasteiger partial charge in [-0.25, -0.2) is 0 Å². The molecular weight excluding hydrogens is 194 g/mol. The Kier molecular flexibility index (Phi) is 8.09. The molecule has 1 nitrogen and oxygen atoms in total. The van der Waals surface area contributed by atoms with E-state index in [9.17, 15) is 0 Å². The van der Waals surface area contributed by atoms with E-state index in [0.29, 0.717) is 6.04 Å². The Hall–Kier alpha value is -0.0400. The minimum atomic E-state index is 0.645. The van der Waals surface area contributed by atoms with Crippen molar-refractivity contribution in [3.05, 3.63) is 0 Å². The van der Waals surface area contributed by atoms with Crippen LogP contribution in [0.3, 0.4) is 0 Å². The van der Waals surface area contributed by atoms with Crippen LogP contribution in [0.4, 0.5) is 0 Å². The molecule has 0 aromatic rings. The van der Waals surface area contributed by atoms with Crippen LogP contribution in [0.15, 0.2) is 0 Å². The second kappa shape index (κ2) is 8.11. The molecule has 0 saturated carbocycles. The van der Waals surface area contributed by atoms with Crippen LogP contribution in [0.2, 0.25) is 0 Å². The Morgan fingerprint density at radius 2 is 1.44 bits per heavy atom. The molecule has 0 aliphatic heterocycles. The zero-order valence-electron chi connectivity index (χ0n) is 12.5. The molecule has 0 aromatic heterocycles. The fourth-order valence-corrected chi connectivity index (χ4v) is 2.52. The lowest BCUT2D eigenvalue weighted by Crippen LogP contribution is -2.33. The van der Waals surface area contributed by atoms with Crippen molar-refractivity contribution in [2.24, 2.45) is 23.7 Å². The van der Waals surface area contributed by atoms with E-state index < -0.39 is 0 Å². The molecule has 0 aliphatic rings. The first-order chi connectivity index (χ1) is 7.40. The summed E-state index contributed by atoms with van der Waals surface area (Å²) in [4.78, 5) is 0. The highest BCUT2D eigenvalue weighted by Crippen LogP contribution is 2.26. The van der Waals surface area contributed by atoms with Gasteiger partial charge in [0.25, 0.3) is 0 Å². The van der Waals surface area contributed by atoms with Crippen molar-refractivity contribution in [3.8, 4) is 0 Å². The van der Waals surface area contributed by atoms with Gasteiger partial charge in [-0.05, 0) is 43.6 Å². The third kappa shape index (κ3) is 5.89. The molecule has 0 fully saturated rings. The van der Waals surface area contributed by atoms with Crippen molar-refractivity contribution >= 4 is 0 Å². The van der Waals surface area contributed by atoms with Gasteiger partial charge in [0.1, 0.15) is 0 Å². The fourth-order valence-electron chi connectivity index (χ4n) is 2.52. The Labute approximate surface area is 103 Å². The number of rotatable bonds is 8. The minimum Gasteiger partial charge on any atom is -0.314 e. The smallest absolute Gasteiger partial charge is 0.00617 e. The summed E-state index contributed by atoms with van der Waals surface area (Å²) >= 11 is 0. The molecule has 1 heteroatoms. The maximum absolute atomic E-state index is 3.63. The van der Waals surface area contributed by atoms with E-state index in [4.69, 9.17) is 0 Å². The molecule has 98 valence electrons. The van der Waals surface area contributed by atoms with Gasteiger partial charge in [-0.15, -0.1) is 0 Å². The molecule has 16 heavy (non-hydrogen) atoms. The van der Waals surface area contributed by atoms with Gasteiger partial charge in [-0.2, -0.15) is 0 Å². The Morgan fingerprint density at radius 3 is 1.81 bits per heavy atom. The van der Waals surface area contributed by atoms with E-state index >= 15 is 0 Å². The lowest BCUT2D eigenvalue weighted by molar-refractivity contribution is 0.244. The monoisotopic (exact) mass is 227 g/mol. The van der Waals surface area contributed by atoms with Crippen LogP contribution in [0.25, 0.3) is 0 Å². The van der Waals surface area contributed by atoms with Crippen LogP contribution in [0.5, 0.6) is 0 Å². The van der Waals surface area contributed by atoms with Crippen LogP contribution >= 0.6 is 0 Å². The van der Waals surface area contributed by atoms with Crippen LogP contribution in [0, 0.1) is 23.7 Å². The Balaban J connectivity index is 3.83. The molecule has 0 aliphatic carbocycles. The van der Waals surface area contributed by atoms with Gasteiger partial charge in [0, 0.05) is 6.04 Å². The first-order valence-corrected chi connectivity index (χ1v) is 7.13. The van der Waals surface area contributed by atoms with Crippen molar-refractivity contribution in [3.63, 3.8) is 0 Å². The van der Waals surface area contributed by atoms with Gasteiger partial charge in [-0.3, -0.25) is 0 Å². The van der Waals surface area contributed by atoms with Crippen molar-refractivity contribution in [2.45, 2.75) is 67.3 Å². The van der Waals surface area contributed by atoms with Crippen LogP contribution in [-0.4, -0.2) is 12.6 Å². The Bertz CT molecular complexity index is 163. The van der Waals surface area contributed by atoms with Gasteiger partial charge in [0.15, 0.2) is 0 Å². The van der Waals surface area contributed by atoms with Crippen LogP contribution in [-0.2, 0) is 0 Å². The number of hydrogen-bond donors (Lipinski definition) is 1. The molecule has 0 bridgehead atoms. The predicted molar refractivity (Wildman–Crippen MR) is 74.7 cm³/mol. The average Bonchev–Trinajstić information content (AvgIpc) is 2.17. The first-order valence-electron chi connectivity index (χ1n) is 7.13. The van der Waals surface area contributed by atoms with Gasteiger partial charge >= 0.3 is 0 Å². The van der Waals surface area contributed by atoms with Crippen molar-refractivity contribution in [2.75, 3.05) is 6.54 Å². The molecule has 3 atom stereocenters. The van der Waals surface area contributed by atoms with Gasteiger partial charge in [-0.1, -0.05) is 48.0 Å². The maximum atomic E-state index is 3.63. The molecule has 0 aromatic carbocycles. The molecule has 0 amide bonds. The normalized spacial score (nSPS) is 17.8. The quantitative estimate of drug-likeness (QED) is 0.651. The van der Waals surface area contributed by atoms with Gasteiger partial charge < -0.3 is 5.32 Å². The Morgan fingerprint density at radius 1 is 0.875 bits per heavy atom. The van der Waals surface area contributed by atoms with E-state index in [1.165, 1.54) is 19.4 Å². The van der Waals surface area contributed by atoms with E-state index in [0.717, 1.165) is 23.7 Å². The summed E-state index contributed by atoms with van der Waals surface area (Å²) < 4.78 is 0. The summed E-state index contributed by atoms with van der Waals surface area (Å²) in [6.07, 6.45) is 2.63. The molecule has 0 radical (unpaired) electrons. The summed E-state index contributed by atoms with van der Waals surface area (Å²) in [6.45, 7) is 17.5. The topological polar surface area (TPSA) is 12.0 Å². The summed E-state index contributed by atoms with van der Waals surface area (Å²) in [5.74, 6) is 3.29. The molecule has 3 unspecified atom stereocenters. The van der Waals surface area contributed by atoms with E-state index in [2.05, 4.69) is 53.8 Å². The second-order valence-corrected chi connectivity index (χ2v) is 6.07. The molecule has 1 N–H and O–H groups in total. The zero-order chi connectivity index (χ0) is 12.7. The van der Waals surface area contributed by atoms with Crippen molar-refractivity contribution in [1.82, 2.24) is 5.32 Å². The van der Waals surface area contributed by atoms with E-state index in [-0.39, 0.29) is 0 Å². The molecule has 0 spiro atoms. The van der Waals surface area contributed by atoms with Crippen molar-refractivity contribution < 1.29 is 0 Å². The SMILES string of the molecule is CCC(C(C)C)C(C)CCNC(C)C(C)C. The molecular formula is C15H33N. The van der Waals surface area contributed by atoms with Gasteiger partial charge in [0.05, 0.1) is 0 Å². The minimum absolute atomic E-state index is 0.645. The molecule has 0 saturated heterocycles. The average molecular weight is 227 g/mol. The van der Waals surface area contributed by atoms with Crippen LogP contribution in [0.1, 0.15) is 61.3 Å². The standard InChI is InChI=1S/C15H33N/c1-8-15(12(4)5)13(6)9-10-16-14(7)11(2)3/h11-16H,8-10H2,1-7H3. The highest BCUT2D eigenvalue weighted by atomic mass is 14.9. The molecule has 0 heterocycles. The molecule has 0 rings (SSSR count).